The predicted molar refractivity (Wildman–Crippen MR) is 65.4 cm³/mol. The van der Waals surface area contributed by atoms with Crippen LogP contribution in [0.15, 0.2) is 0 Å². The molecule has 2 N–H and O–H groups in total. The first kappa shape index (κ1) is 10.4. The average Bonchev–Trinajstić information content (AvgIpc) is 2.77. The molecule has 0 spiro atoms. The lowest BCUT2D eigenvalue weighted by molar-refractivity contribution is -0.121. The Morgan fingerprint density at radius 3 is 2.65 bits per heavy atom. The maximum absolute atomic E-state index is 11.5. The van der Waals surface area contributed by atoms with E-state index in [0.717, 1.165) is 42.7 Å². The van der Waals surface area contributed by atoms with E-state index in [-0.39, 0.29) is 5.91 Å². The second-order valence-electron chi connectivity index (χ2n) is 6.57. The molecule has 1 amide bonds. The normalized spacial score (nSPS) is 51.9. The molecule has 0 aromatic carbocycles. The van der Waals surface area contributed by atoms with E-state index in [2.05, 4.69) is 10.6 Å². The maximum Gasteiger partial charge on any atom is 0.221 e. The topological polar surface area (TPSA) is 41.1 Å². The zero-order chi connectivity index (χ0) is 11.4. The lowest BCUT2D eigenvalue weighted by Crippen LogP contribution is -2.36. The Bertz CT molecular complexity index is 327. The number of carbonyl (C=O) groups is 1. The van der Waals surface area contributed by atoms with E-state index in [4.69, 9.17) is 0 Å². The summed E-state index contributed by atoms with van der Waals surface area (Å²) in [4.78, 5) is 11.5. The smallest absolute Gasteiger partial charge is 0.221 e. The molecule has 1 aliphatic heterocycles. The molecule has 3 aliphatic carbocycles. The summed E-state index contributed by atoms with van der Waals surface area (Å²) in [5, 5.41) is 6.77. The highest BCUT2D eigenvalue weighted by atomic mass is 16.1. The van der Waals surface area contributed by atoms with Crippen molar-refractivity contribution in [1.29, 1.82) is 0 Å². The molecule has 2 bridgehead atoms. The molecule has 17 heavy (non-hydrogen) atoms. The molecule has 0 aromatic rings. The Labute approximate surface area is 103 Å². The number of nitrogens with one attached hydrogen (secondary N) is 2. The van der Waals surface area contributed by atoms with Crippen LogP contribution in [0.1, 0.15) is 38.5 Å². The number of hydrogen-bond donors (Lipinski definition) is 2. The van der Waals surface area contributed by atoms with E-state index < -0.39 is 0 Å². The summed E-state index contributed by atoms with van der Waals surface area (Å²) in [7, 11) is 0. The van der Waals surface area contributed by atoms with Crippen LogP contribution in [0, 0.1) is 23.7 Å². The quantitative estimate of drug-likeness (QED) is 0.756. The van der Waals surface area contributed by atoms with Crippen molar-refractivity contribution in [2.45, 2.75) is 50.6 Å². The molecular formula is C14H22N2O. The van der Waals surface area contributed by atoms with Gasteiger partial charge in [-0.3, -0.25) is 4.79 Å². The molecule has 94 valence electrons. The van der Waals surface area contributed by atoms with Gasteiger partial charge >= 0.3 is 0 Å². The van der Waals surface area contributed by atoms with Crippen LogP contribution in [0.4, 0.5) is 0 Å². The second-order valence-corrected chi connectivity index (χ2v) is 6.57. The van der Waals surface area contributed by atoms with E-state index in [0.29, 0.717) is 12.5 Å². The molecule has 1 saturated heterocycles. The number of fused-ring (bicyclic) bond motifs is 5. The summed E-state index contributed by atoms with van der Waals surface area (Å²) < 4.78 is 0. The van der Waals surface area contributed by atoms with Gasteiger partial charge < -0.3 is 10.6 Å². The SMILES string of the molecule is O=C1CC(NC2C3C4CCC(C4)C23)CCCN1. The highest BCUT2D eigenvalue weighted by Gasteiger charge is 2.64. The first-order valence-electron chi connectivity index (χ1n) is 7.35. The first-order chi connectivity index (χ1) is 8.33. The Morgan fingerprint density at radius 1 is 1.12 bits per heavy atom. The highest BCUT2D eigenvalue weighted by Crippen LogP contribution is 2.65. The van der Waals surface area contributed by atoms with Crippen LogP contribution in [0.5, 0.6) is 0 Å². The number of hydrogen-bond acceptors (Lipinski definition) is 2. The number of carbonyl (C=O) groups excluding carboxylic acids is 1. The summed E-state index contributed by atoms with van der Waals surface area (Å²) in [6.07, 6.45) is 7.48. The van der Waals surface area contributed by atoms with Crippen LogP contribution >= 0.6 is 0 Å². The predicted octanol–water partition coefficient (Wildman–Crippen LogP) is 1.29. The van der Waals surface area contributed by atoms with E-state index in [9.17, 15) is 4.79 Å². The van der Waals surface area contributed by atoms with Gasteiger partial charge in [0.25, 0.3) is 0 Å². The Kier molecular flexibility index (Phi) is 2.26. The van der Waals surface area contributed by atoms with Crippen molar-refractivity contribution in [3.05, 3.63) is 0 Å². The molecule has 5 atom stereocenters. The fourth-order valence-electron chi connectivity index (χ4n) is 4.94. The van der Waals surface area contributed by atoms with Gasteiger partial charge in [0, 0.05) is 25.0 Å². The van der Waals surface area contributed by atoms with Gasteiger partial charge in [-0.05, 0) is 55.8 Å². The van der Waals surface area contributed by atoms with Crippen molar-refractivity contribution in [3.8, 4) is 0 Å². The fraction of sp³-hybridized carbons (Fsp3) is 0.929. The average molecular weight is 234 g/mol. The maximum atomic E-state index is 11.5. The molecule has 3 saturated carbocycles. The molecule has 5 unspecified atom stereocenters. The molecule has 3 nitrogen and oxygen atoms in total. The van der Waals surface area contributed by atoms with Crippen LogP contribution in [0.2, 0.25) is 0 Å². The van der Waals surface area contributed by atoms with Crippen molar-refractivity contribution < 1.29 is 4.79 Å². The molecule has 4 aliphatic rings. The standard InChI is InChI=1S/C14H22N2O/c17-11-7-10(2-1-5-15-11)16-14-12-8-3-4-9(6-8)13(12)14/h8-10,12-14,16H,1-7H2,(H,15,17). The lowest BCUT2D eigenvalue weighted by Gasteiger charge is -2.18. The van der Waals surface area contributed by atoms with Gasteiger partial charge in [-0.25, -0.2) is 0 Å². The first-order valence-corrected chi connectivity index (χ1v) is 7.35. The van der Waals surface area contributed by atoms with Crippen LogP contribution < -0.4 is 10.6 Å². The third-order valence-corrected chi connectivity index (χ3v) is 5.65. The summed E-state index contributed by atoms with van der Waals surface area (Å²) in [5.74, 6) is 4.28. The molecule has 0 radical (unpaired) electrons. The lowest BCUT2D eigenvalue weighted by atomic mass is 10.0. The van der Waals surface area contributed by atoms with Crippen molar-refractivity contribution in [1.82, 2.24) is 10.6 Å². The van der Waals surface area contributed by atoms with Crippen molar-refractivity contribution in [2.24, 2.45) is 23.7 Å². The number of rotatable bonds is 2. The minimum Gasteiger partial charge on any atom is -0.356 e. The van der Waals surface area contributed by atoms with Crippen LogP contribution in [-0.2, 0) is 4.79 Å². The minimum atomic E-state index is 0.244. The molecule has 0 aromatic heterocycles. The van der Waals surface area contributed by atoms with E-state index in [1.807, 2.05) is 0 Å². The van der Waals surface area contributed by atoms with Gasteiger partial charge in [-0.15, -0.1) is 0 Å². The molecule has 4 fully saturated rings. The van der Waals surface area contributed by atoms with Crippen molar-refractivity contribution in [3.63, 3.8) is 0 Å². The molecule has 3 heteroatoms. The van der Waals surface area contributed by atoms with Crippen molar-refractivity contribution in [2.75, 3.05) is 6.54 Å². The number of amides is 1. The molecule has 1 heterocycles. The summed E-state index contributed by atoms with van der Waals surface area (Å²) >= 11 is 0. The fourth-order valence-corrected chi connectivity index (χ4v) is 4.94. The Morgan fingerprint density at radius 2 is 1.88 bits per heavy atom. The monoisotopic (exact) mass is 234 g/mol. The molecule has 4 rings (SSSR count). The van der Waals surface area contributed by atoms with Gasteiger partial charge in [-0.2, -0.15) is 0 Å². The third kappa shape index (κ3) is 1.62. The van der Waals surface area contributed by atoms with Crippen LogP contribution in [-0.4, -0.2) is 24.5 Å². The van der Waals surface area contributed by atoms with Gasteiger partial charge in [0.05, 0.1) is 0 Å². The zero-order valence-electron chi connectivity index (χ0n) is 10.3. The highest BCUT2D eigenvalue weighted by molar-refractivity contribution is 5.76. The largest absolute Gasteiger partial charge is 0.356 e. The van der Waals surface area contributed by atoms with Gasteiger partial charge in [0.1, 0.15) is 0 Å². The third-order valence-electron chi connectivity index (χ3n) is 5.65. The summed E-state index contributed by atoms with van der Waals surface area (Å²) in [6.45, 7) is 0.875. The van der Waals surface area contributed by atoms with E-state index in [1.165, 1.54) is 25.7 Å². The van der Waals surface area contributed by atoms with E-state index in [1.54, 1.807) is 0 Å². The van der Waals surface area contributed by atoms with Crippen LogP contribution in [0.3, 0.4) is 0 Å². The minimum absolute atomic E-state index is 0.244. The molecular weight excluding hydrogens is 212 g/mol. The van der Waals surface area contributed by atoms with Gasteiger partial charge in [0.2, 0.25) is 5.91 Å². The Balaban J connectivity index is 1.38. The Hall–Kier alpha value is -0.570. The zero-order valence-corrected chi connectivity index (χ0v) is 10.3. The second kappa shape index (κ2) is 3.71. The van der Waals surface area contributed by atoms with Crippen LogP contribution in [0.25, 0.3) is 0 Å². The van der Waals surface area contributed by atoms with E-state index >= 15 is 0 Å². The summed E-state index contributed by atoms with van der Waals surface area (Å²) in [6, 6.07) is 1.23. The van der Waals surface area contributed by atoms with Crippen molar-refractivity contribution >= 4 is 5.91 Å². The summed E-state index contributed by atoms with van der Waals surface area (Å²) in [5.41, 5.74) is 0. The van der Waals surface area contributed by atoms with Gasteiger partial charge in [0.15, 0.2) is 0 Å². The van der Waals surface area contributed by atoms with Gasteiger partial charge in [-0.1, -0.05) is 0 Å².